The van der Waals surface area contributed by atoms with E-state index < -0.39 is 0 Å². The zero-order valence-electron chi connectivity index (χ0n) is 14.4. The van der Waals surface area contributed by atoms with Gasteiger partial charge in [-0.15, -0.1) is 11.3 Å². The van der Waals surface area contributed by atoms with Crippen LogP contribution in [0, 0.1) is 0 Å². The number of carbonyl (C=O) groups excluding carboxylic acids is 1. The maximum atomic E-state index is 12.3. The van der Waals surface area contributed by atoms with Crippen molar-refractivity contribution >= 4 is 46.2 Å². The lowest BCUT2D eigenvalue weighted by atomic mass is 10.0. The van der Waals surface area contributed by atoms with Crippen molar-refractivity contribution in [3.63, 3.8) is 0 Å². The molecule has 0 saturated carbocycles. The lowest BCUT2D eigenvalue weighted by Crippen LogP contribution is -2.03. The summed E-state index contributed by atoms with van der Waals surface area (Å²) in [5.74, 6) is 1.16. The third-order valence-electron chi connectivity index (χ3n) is 4.12. The van der Waals surface area contributed by atoms with Crippen LogP contribution in [0.15, 0.2) is 48.7 Å². The Labute approximate surface area is 165 Å². The first kappa shape index (κ1) is 17.6. The van der Waals surface area contributed by atoms with Crippen LogP contribution in [0.2, 0.25) is 4.47 Å². The summed E-state index contributed by atoms with van der Waals surface area (Å²) in [6.07, 6.45) is 3.52. The minimum atomic E-state index is -0.124. The lowest BCUT2D eigenvalue weighted by Gasteiger charge is -2.10. The molecule has 136 valence electrons. The van der Waals surface area contributed by atoms with Crippen LogP contribution < -0.4 is 14.8 Å². The van der Waals surface area contributed by atoms with Gasteiger partial charge in [0.15, 0.2) is 4.47 Å². The van der Waals surface area contributed by atoms with Gasteiger partial charge in [-0.2, -0.15) is 0 Å². The molecule has 0 atom stereocenters. The van der Waals surface area contributed by atoms with Gasteiger partial charge in [-0.3, -0.25) is 4.79 Å². The van der Waals surface area contributed by atoms with Crippen molar-refractivity contribution in [1.82, 2.24) is 4.98 Å². The van der Waals surface area contributed by atoms with E-state index in [1.807, 2.05) is 42.5 Å². The normalized spacial score (nSPS) is 14.1. The van der Waals surface area contributed by atoms with Crippen molar-refractivity contribution in [2.24, 2.45) is 0 Å². The lowest BCUT2D eigenvalue weighted by molar-refractivity contribution is -0.110. The molecule has 1 N–H and O–H groups in total. The molecular weight excluding hydrogens is 384 g/mol. The molecule has 7 heteroatoms. The van der Waals surface area contributed by atoms with E-state index in [0.29, 0.717) is 28.1 Å². The summed E-state index contributed by atoms with van der Waals surface area (Å²) >= 11 is 7.21. The summed E-state index contributed by atoms with van der Waals surface area (Å²) in [5.41, 5.74) is 3.10. The molecule has 0 fully saturated rings. The first-order valence-electron chi connectivity index (χ1n) is 8.17. The van der Waals surface area contributed by atoms with Crippen LogP contribution in [-0.2, 0) is 11.4 Å². The van der Waals surface area contributed by atoms with Gasteiger partial charge in [-0.25, -0.2) is 4.98 Å². The van der Waals surface area contributed by atoms with E-state index in [9.17, 15) is 4.79 Å². The van der Waals surface area contributed by atoms with Gasteiger partial charge in [0.25, 0.3) is 5.91 Å². The number of hydrogen-bond acceptors (Lipinski definition) is 5. The maximum Gasteiger partial charge on any atom is 0.256 e. The molecule has 0 bridgehead atoms. The Kier molecular flexibility index (Phi) is 4.83. The number of para-hydroxylation sites is 1. The van der Waals surface area contributed by atoms with Crippen molar-refractivity contribution < 1.29 is 14.3 Å². The molecule has 0 aliphatic carbocycles. The van der Waals surface area contributed by atoms with Crippen LogP contribution in [0.25, 0.3) is 11.6 Å². The van der Waals surface area contributed by atoms with Gasteiger partial charge < -0.3 is 14.8 Å². The van der Waals surface area contributed by atoms with E-state index in [-0.39, 0.29) is 5.91 Å². The average molecular weight is 399 g/mol. The van der Waals surface area contributed by atoms with E-state index in [1.165, 1.54) is 11.3 Å². The van der Waals surface area contributed by atoms with Gasteiger partial charge >= 0.3 is 0 Å². The van der Waals surface area contributed by atoms with Crippen LogP contribution in [0.4, 0.5) is 5.69 Å². The molecule has 1 aliphatic heterocycles. The highest BCUT2D eigenvalue weighted by atomic mass is 35.5. The zero-order chi connectivity index (χ0) is 18.8. The minimum absolute atomic E-state index is 0.124. The van der Waals surface area contributed by atoms with E-state index in [2.05, 4.69) is 10.3 Å². The Morgan fingerprint density at radius 2 is 2.11 bits per heavy atom. The number of halogens is 1. The Hall–Kier alpha value is -2.83. The predicted octanol–water partition coefficient (Wildman–Crippen LogP) is 4.88. The number of ether oxygens (including phenoxy) is 2. The number of benzene rings is 2. The smallest absolute Gasteiger partial charge is 0.256 e. The number of fused-ring (bicyclic) bond motifs is 1. The molecule has 2 aromatic carbocycles. The first-order valence-corrected chi connectivity index (χ1v) is 9.37. The number of rotatable bonds is 5. The fourth-order valence-electron chi connectivity index (χ4n) is 2.84. The largest absolute Gasteiger partial charge is 0.496 e. The molecule has 0 spiro atoms. The summed E-state index contributed by atoms with van der Waals surface area (Å²) in [4.78, 5) is 17.2. The van der Waals surface area contributed by atoms with E-state index in [0.717, 1.165) is 21.7 Å². The molecule has 5 nitrogen and oxygen atoms in total. The van der Waals surface area contributed by atoms with Crippen molar-refractivity contribution in [2.75, 3.05) is 12.4 Å². The molecule has 0 saturated heterocycles. The molecule has 1 aliphatic rings. The molecule has 0 unspecified atom stereocenters. The summed E-state index contributed by atoms with van der Waals surface area (Å²) < 4.78 is 11.8. The second-order valence-corrected chi connectivity index (χ2v) is 7.53. The molecule has 2 heterocycles. The summed E-state index contributed by atoms with van der Waals surface area (Å²) in [5, 5.41) is 2.87. The monoisotopic (exact) mass is 398 g/mol. The molecular formula is C20H15ClN2O3S. The number of aromatic nitrogens is 1. The number of hydrogen-bond donors (Lipinski definition) is 1. The second-order valence-electron chi connectivity index (χ2n) is 5.83. The topological polar surface area (TPSA) is 60.5 Å². The van der Waals surface area contributed by atoms with Crippen LogP contribution in [0.5, 0.6) is 11.5 Å². The highest BCUT2D eigenvalue weighted by molar-refractivity contribution is 7.15. The fourth-order valence-corrected chi connectivity index (χ4v) is 3.73. The molecule has 4 rings (SSSR count). The molecule has 1 aromatic heterocycles. The van der Waals surface area contributed by atoms with Gasteiger partial charge in [-0.05, 0) is 24.3 Å². The summed E-state index contributed by atoms with van der Waals surface area (Å²) in [6.45, 7) is 0.379. The number of thiazole rings is 1. The number of carbonyl (C=O) groups is 1. The fraction of sp³-hybridized carbons (Fsp3) is 0.100. The van der Waals surface area contributed by atoms with E-state index in [4.69, 9.17) is 21.1 Å². The highest BCUT2D eigenvalue weighted by Gasteiger charge is 2.23. The van der Waals surface area contributed by atoms with Gasteiger partial charge in [0, 0.05) is 34.7 Å². The minimum Gasteiger partial charge on any atom is -0.496 e. The third kappa shape index (κ3) is 3.67. The predicted molar refractivity (Wildman–Crippen MR) is 107 cm³/mol. The van der Waals surface area contributed by atoms with Gasteiger partial charge in [-0.1, -0.05) is 29.8 Å². The SMILES string of the molecule is COc1cc(OCc2cnc(Cl)s2)ccc1/C=C1/C(=O)Nc2ccccc21. The Morgan fingerprint density at radius 3 is 2.89 bits per heavy atom. The van der Waals surface area contributed by atoms with Crippen LogP contribution in [0.3, 0.4) is 0 Å². The van der Waals surface area contributed by atoms with Crippen molar-refractivity contribution in [3.05, 3.63) is 69.1 Å². The number of nitrogens with zero attached hydrogens (tertiary/aromatic N) is 1. The standard InChI is InChI=1S/C20H15ClN2O3S/c1-25-18-9-13(26-11-14-10-22-20(21)27-14)7-6-12(18)8-16-15-4-2-3-5-17(15)23-19(16)24/h2-10H,11H2,1H3,(H,23,24)/b16-8+. The van der Waals surface area contributed by atoms with Crippen LogP contribution in [0.1, 0.15) is 16.0 Å². The molecule has 27 heavy (non-hydrogen) atoms. The van der Waals surface area contributed by atoms with Crippen LogP contribution in [-0.4, -0.2) is 18.0 Å². The quantitative estimate of drug-likeness (QED) is 0.622. The van der Waals surface area contributed by atoms with E-state index >= 15 is 0 Å². The van der Waals surface area contributed by atoms with Gasteiger partial charge in [0.2, 0.25) is 0 Å². The summed E-state index contributed by atoms with van der Waals surface area (Å²) in [6, 6.07) is 13.1. The van der Waals surface area contributed by atoms with Crippen LogP contribution >= 0.6 is 22.9 Å². The second kappa shape index (κ2) is 7.42. The van der Waals surface area contributed by atoms with Gasteiger partial charge in [0.1, 0.15) is 18.1 Å². The first-order chi connectivity index (χ1) is 13.1. The Morgan fingerprint density at radius 1 is 1.26 bits per heavy atom. The third-order valence-corrected chi connectivity index (χ3v) is 5.21. The number of amides is 1. The zero-order valence-corrected chi connectivity index (χ0v) is 15.9. The van der Waals surface area contributed by atoms with Gasteiger partial charge in [0.05, 0.1) is 12.0 Å². The molecule has 0 radical (unpaired) electrons. The average Bonchev–Trinajstić information content (AvgIpc) is 3.24. The number of nitrogens with one attached hydrogen (secondary N) is 1. The van der Waals surface area contributed by atoms with Crippen molar-refractivity contribution in [3.8, 4) is 11.5 Å². The Balaban J connectivity index is 1.59. The van der Waals surface area contributed by atoms with E-state index in [1.54, 1.807) is 19.4 Å². The van der Waals surface area contributed by atoms with Crippen molar-refractivity contribution in [2.45, 2.75) is 6.61 Å². The Bertz CT molecular complexity index is 1050. The summed E-state index contributed by atoms with van der Waals surface area (Å²) in [7, 11) is 1.59. The highest BCUT2D eigenvalue weighted by Crippen LogP contribution is 2.35. The molecule has 3 aromatic rings. The number of methoxy groups -OCH3 is 1. The molecule has 1 amide bonds. The maximum absolute atomic E-state index is 12.3. The number of anilines is 1. The van der Waals surface area contributed by atoms with Crippen molar-refractivity contribution in [1.29, 1.82) is 0 Å².